The molecule has 0 bridgehead atoms. The van der Waals surface area contributed by atoms with Crippen molar-refractivity contribution in [3.63, 3.8) is 0 Å². The Morgan fingerprint density at radius 2 is 1.85 bits per heavy atom. The highest BCUT2D eigenvalue weighted by Gasteiger charge is 2.46. The summed E-state index contributed by atoms with van der Waals surface area (Å²) < 4.78 is 0. The molecule has 2 unspecified atom stereocenters. The number of hydrogen-bond donors (Lipinski definition) is 2. The van der Waals surface area contributed by atoms with Gasteiger partial charge in [0.2, 0.25) is 0 Å². The van der Waals surface area contributed by atoms with Gasteiger partial charge in [-0.2, -0.15) is 0 Å². The molecule has 1 aromatic rings. The van der Waals surface area contributed by atoms with E-state index >= 15 is 0 Å². The lowest BCUT2D eigenvalue weighted by atomic mass is 9.73. The molecule has 7 heteroatoms. The predicted octanol–water partition coefficient (Wildman–Crippen LogP) is 5.22. The number of aliphatic hydroxyl groups is 1. The van der Waals surface area contributed by atoms with Crippen molar-refractivity contribution < 1.29 is 5.11 Å². The second-order valence-corrected chi connectivity index (χ2v) is 10.8. The molecule has 5 rings (SSSR count). The first kappa shape index (κ1) is 23.0. The molecule has 2 aliphatic heterocycles. The van der Waals surface area contributed by atoms with Crippen molar-refractivity contribution in [2.75, 3.05) is 13.1 Å². The minimum Gasteiger partial charge on any atom is -0.369 e. The fraction of sp³-hybridized carbons (Fsp3) is 0.500. The number of nitrogens with two attached hydrogens (primary N) is 1. The quantitative estimate of drug-likeness (QED) is 0.600. The Morgan fingerprint density at radius 1 is 1.15 bits per heavy atom. The maximum Gasteiger partial charge on any atom is 0.157 e. The van der Waals surface area contributed by atoms with E-state index in [1.54, 1.807) is 0 Å². The number of hydrogen-bond acceptors (Lipinski definition) is 5. The Morgan fingerprint density at radius 3 is 2.55 bits per heavy atom. The molecule has 1 saturated heterocycles. The summed E-state index contributed by atoms with van der Waals surface area (Å²) in [4.78, 5) is 9.12. The summed E-state index contributed by atoms with van der Waals surface area (Å²) in [7, 11) is 0. The van der Waals surface area contributed by atoms with E-state index in [1.165, 1.54) is 11.1 Å². The van der Waals surface area contributed by atoms with Crippen molar-refractivity contribution >= 4 is 29.0 Å². The number of rotatable bonds is 2. The molecule has 2 aliphatic carbocycles. The van der Waals surface area contributed by atoms with Gasteiger partial charge < -0.3 is 20.6 Å². The Balaban J connectivity index is 1.37. The highest BCUT2D eigenvalue weighted by Crippen LogP contribution is 2.51. The third-order valence-corrected chi connectivity index (χ3v) is 8.90. The van der Waals surface area contributed by atoms with E-state index in [2.05, 4.69) is 36.1 Å². The molecule has 4 aliphatic rings. The lowest BCUT2D eigenvalue weighted by molar-refractivity contribution is 0.0796. The van der Waals surface area contributed by atoms with Crippen LogP contribution in [0.4, 0.5) is 0 Å². The van der Waals surface area contributed by atoms with Gasteiger partial charge in [-0.3, -0.25) is 0 Å². The third kappa shape index (κ3) is 3.65. The van der Waals surface area contributed by atoms with Crippen LogP contribution in [0.2, 0.25) is 0 Å². The smallest absolute Gasteiger partial charge is 0.157 e. The van der Waals surface area contributed by atoms with Gasteiger partial charge in [0.15, 0.2) is 6.23 Å². The third-order valence-electron chi connectivity index (χ3n) is 8.06. The highest BCUT2D eigenvalue weighted by molar-refractivity contribution is 6.44. The average Bonchev–Trinajstić information content (AvgIpc) is 3.08. The largest absolute Gasteiger partial charge is 0.369 e. The van der Waals surface area contributed by atoms with Gasteiger partial charge in [-0.25, -0.2) is 4.99 Å². The van der Waals surface area contributed by atoms with Crippen LogP contribution in [-0.2, 0) is 6.42 Å². The fourth-order valence-corrected chi connectivity index (χ4v) is 6.58. The molecule has 0 saturated carbocycles. The van der Waals surface area contributed by atoms with Gasteiger partial charge in [-0.15, -0.1) is 0 Å². The first-order valence-electron chi connectivity index (χ1n) is 11.8. The Labute approximate surface area is 206 Å². The standard InChI is InChI=1S/C26H32Cl2N4O/c1-15-8-9-20(27)21(28)22(15)32-17(3)30-24(16(2)25(32)33)31-12-10-26(11-13-31)14-18-6-4-5-7-19(18)23(26)29/h4-7,9,15,23,25,33H,8,10-14,29H2,1-3H3/t15?,23-,25?/m0/s1. The Kier molecular flexibility index (Phi) is 5.89. The van der Waals surface area contributed by atoms with E-state index in [0.29, 0.717) is 10.1 Å². The minimum absolute atomic E-state index is 0.0864. The summed E-state index contributed by atoms with van der Waals surface area (Å²) in [6.07, 6.45) is 4.98. The van der Waals surface area contributed by atoms with Gasteiger partial charge >= 0.3 is 0 Å². The van der Waals surface area contributed by atoms with Gasteiger partial charge in [-0.05, 0) is 56.1 Å². The molecule has 1 spiro atoms. The van der Waals surface area contributed by atoms with Crippen LogP contribution >= 0.6 is 23.2 Å². The van der Waals surface area contributed by atoms with Crippen molar-refractivity contribution in [3.8, 4) is 0 Å². The van der Waals surface area contributed by atoms with Gasteiger partial charge in [0.1, 0.15) is 11.7 Å². The zero-order chi connectivity index (χ0) is 23.5. The fourth-order valence-electron chi connectivity index (χ4n) is 6.04. The van der Waals surface area contributed by atoms with Crippen LogP contribution in [0, 0.1) is 11.3 Å². The molecular weight excluding hydrogens is 455 g/mol. The summed E-state index contributed by atoms with van der Waals surface area (Å²) in [6.45, 7) is 7.75. The van der Waals surface area contributed by atoms with Crippen molar-refractivity contribution in [1.29, 1.82) is 0 Å². The first-order chi connectivity index (χ1) is 15.7. The lowest BCUT2D eigenvalue weighted by Crippen LogP contribution is -2.48. The van der Waals surface area contributed by atoms with Crippen LogP contribution in [0.25, 0.3) is 0 Å². The van der Waals surface area contributed by atoms with E-state index in [0.717, 1.165) is 61.7 Å². The Bertz CT molecular complexity index is 1100. The molecule has 2 heterocycles. The Hall–Kier alpha value is -1.79. The predicted molar refractivity (Wildman–Crippen MR) is 135 cm³/mol. The highest BCUT2D eigenvalue weighted by atomic mass is 35.5. The molecule has 3 N–H and O–H groups in total. The van der Waals surface area contributed by atoms with E-state index in [4.69, 9.17) is 33.9 Å². The second-order valence-electron chi connectivity index (χ2n) is 10.0. The number of nitrogens with zero attached hydrogens (tertiary/aromatic N) is 3. The van der Waals surface area contributed by atoms with E-state index in [9.17, 15) is 5.11 Å². The minimum atomic E-state index is -0.819. The van der Waals surface area contributed by atoms with Crippen molar-refractivity contribution in [1.82, 2.24) is 9.80 Å². The second kappa shape index (κ2) is 8.46. The molecule has 0 radical (unpaired) electrons. The summed E-state index contributed by atoms with van der Waals surface area (Å²) in [5.74, 6) is 1.76. The van der Waals surface area contributed by atoms with Gasteiger partial charge in [-0.1, -0.05) is 60.5 Å². The number of benzene rings is 1. The zero-order valence-corrected chi connectivity index (χ0v) is 21.0. The lowest BCUT2D eigenvalue weighted by Gasteiger charge is -2.45. The molecule has 3 atom stereocenters. The van der Waals surface area contributed by atoms with Crippen LogP contribution in [0.1, 0.15) is 57.2 Å². The number of fused-ring (bicyclic) bond motifs is 1. The maximum absolute atomic E-state index is 11.3. The van der Waals surface area contributed by atoms with Crippen LogP contribution in [-0.4, -0.2) is 40.1 Å². The number of allylic oxidation sites excluding steroid dienone is 4. The molecule has 1 fully saturated rings. The maximum atomic E-state index is 11.3. The van der Waals surface area contributed by atoms with E-state index in [-0.39, 0.29) is 17.4 Å². The number of aliphatic imine (C=N–C) groups is 1. The average molecular weight is 487 g/mol. The molecule has 0 amide bonds. The SMILES string of the molecule is CC1=NC(N2CCC3(CC2)Cc2ccccc2[C@@H]3N)=C(C)C(O)N1C1=C(Cl)C(Cl)=CCC1C. The van der Waals surface area contributed by atoms with Crippen LogP contribution in [0.3, 0.4) is 0 Å². The van der Waals surface area contributed by atoms with Gasteiger partial charge in [0.25, 0.3) is 0 Å². The zero-order valence-electron chi connectivity index (χ0n) is 19.5. The van der Waals surface area contributed by atoms with E-state index in [1.807, 2.05) is 24.8 Å². The molecule has 0 aromatic heterocycles. The van der Waals surface area contributed by atoms with Gasteiger partial charge in [0.05, 0.1) is 10.1 Å². The number of likely N-dealkylation sites (tertiary alicyclic amines) is 1. The van der Waals surface area contributed by atoms with E-state index < -0.39 is 6.23 Å². The van der Waals surface area contributed by atoms with Crippen LogP contribution < -0.4 is 5.73 Å². The molecule has 176 valence electrons. The molecule has 5 nitrogen and oxygen atoms in total. The topological polar surface area (TPSA) is 65.1 Å². The monoisotopic (exact) mass is 486 g/mol. The molecule has 33 heavy (non-hydrogen) atoms. The van der Waals surface area contributed by atoms with Crippen LogP contribution in [0.5, 0.6) is 0 Å². The normalized spacial score (nSPS) is 29.5. The summed E-state index contributed by atoms with van der Waals surface area (Å²) in [5, 5.41) is 12.4. The summed E-state index contributed by atoms with van der Waals surface area (Å²) in [5.41, 5.74) is 11.2. The number of amidine groups is 1. The van der Waals surface area contributed by atoms with Crippen molar-refractivity contribution in [2.24, 2.45) is 22.1 Å². The number of piperidine rings is 1. The number of halogens is 2. The van der Waals surface area contributed by atoms with Crippen LogP contribution in [0.15, 0.2) is 62.5 Å². The van der Waals surface area contributed by atoms with Crippen molar-refractivity contribution in [2.45, 2.75) is 58.7 Å². The molecular formula is C26H32Cl2N4O. The molecule has 1 aromatic carbocycles. The summed E-state index contributed by atoms with van der Waals surface area (Å²) in [6, 6.07) is 8.68. The summed E-state index contributed by atoms with van der Waals surface area (Å²) >= 11 is 12.9. The number of aliphatic hydroxyl groups excluding tert-OH is 1. The van der Waals surface area contributed by atoms with Gasteiger partial charge in [0, 0.05) is 36.3 Å². The van der Waals surface area contributed by atoms with Crippen molar-refractivity contribution in [3.05, 3.63) is 68.6 Å². The first-order valence-corrected chi connectivity index (χ1v) is 12.6.